The number of carbonyl (C=O) groups excluding carboxylic acids is 2. The van der Waals surface area contributed by atoms with Gasteiger partial charge in [0.25, 0.3) is 0 Å². The molecule has 0 bridgehead atoms. The normalized spacial score (nSPS) is 10.8. The quantitative estimate of drug-likeness (QED) is 0.694. The maximum Gasteiger partial charge on any atom is 0.341 e. The molecule has 21 heavy (non-hydrogen) atoms. The van der Waals surface area contributed by atoms with E-state index in [1.807, 2.05) is 12.3 Å². The maximum atomic E-state index is 11.7. The summed E-state index contributed by atoms with van der Waals surface area (Å²) in [5, 5.41) is 5.02. The zero-order valence-electron chi connectivity index (χ0n) is 11.8. The summed E-state index contributed by atoms with van der Waals surface area (Å²) < 4.78 is 9.99. The van der Waals surface area contributed by atoms with Crippen molar-refractivity contribution in [3.8, 4) is 0 Å². The van der Waals surface area contributed by atoms with Crippen LogP contribution >= 0.6 is 11.3 Å². The van der Waals surface area contributed by atoms with E-state index in [2.05, 4.69) is 15.0 Å². The van der Waals surface area contributed by atoms with Crippen LogP contribution in [0.4, 0.5) is 5.13 Å². The Kier molecular flexibility index (Phi) is 4.54. The highest BCUT2D eigenvalue weighted by atomic mass is 32.1. The highest BCUT2D eigenvalue weighted by Crippen LogP contribution is 2.17. The van der Waals surface area contributed by atoms with Gasteiger partial charge >= 0.3 is 5.97 Å². The number of furan rings is 1. The molecule has 0 aromatic carbocycles. The largest absolute Gasteiger partial charge is 0.465 e. The van der Waals surface area contributed by atoms with Crippen LogP contribution in [0, 0.1) is 13.8 Å². The van der Waals surface area contributed by atoms with Crippen LogP contribution in [0.5, 0.6) is 0 Å². The Balaban J connectivity index is 2.03. The van der Waals surface area contributed by atoms with Crippen molar-refractivity contribution in [3.63, 3.8) is 0 Å². The van der Waals surface area contributed by atoms with E-state index >= 15 is 0 Å². The average Bonchev–Trinajstić information content (AvgIpc) is 3.02. The van der Waals surface area contributed by atoms with Crippen molar-refractivity contribution >= 4 is 34.4 Å². The van der Waals surface area contributed by atoms with E-state index in [0.717, 1.165) is 5.69 Å². The first kappa shape index (κ1) is 15.0. The van der Waals surface area contributed by atoms with Crippen molar-refractivity contribution in [1.29, 1.82) is 0 Å². The topological polar surface area (TPSA) is 81.4 Å². The number of ether oxygens (including phenoxy) is 1. The van der Waals surface area contributed by atoms with Gasteiger partial charge in [0.1, 0.15) is 17.1 Å². The van der Waals surface area contributed by atoms with Gasteiger partial charge < -0.3 is 9.15 Å². The molecule has 2 aromatic heterocycles. The third kappa shape index (κ3) is 3.79. The fourth-order valence-corrected chi connectivity index (χ4v) is 2.31. The Morgan fingerprint density at radius 1 is 1.43 bits per heavy atom. The van der Waals surface area contributed by atoms with Gasteiger partial charge in [-0.2, -0.15) is 0 Å². The fraction of sp³-hybridized carbons (Fsp3) is 0.214. The number of nitrogens with one attached hydrogen (secondary N) is 1. The Bertz CT molecular complexity index is 700. The molecule has 110 valence electrons. The van der Waals surface area contributed by atoms with Gasteiger partial charge in [0, 0.05) is 11.5 Å². The molecule has 0 spiro atoms. The number of esters is 1. The molecule has 6 nitrogen and oxygen atoms in total. The number of thiazole rings is 1. The van der Waals surface area contributed by atoms with Crippen molar-refractivity contribution in [2.75, 3.05) is 12.4 Å². The van der Waals surface area contributed by atoms with Crippen molar-refractivity contribution in [2.45, 2.75) is 13.8 Å². The minimum atomic E-state index is -0.474. The number of aryl methyl sites for hydroxylation is 2. The van der Waals surface area contributed by atoms with Crippen LogP contribution in [-0.2, 0) is 9.53 Å². The summed E-state index contributed by atoms with van der Waals surface area (Å²) in [4.78, 5) is 27.3. The van der Waals surface area contributed by atoms with Crippen molar-refractivity contribution in [2.24, 2.45) is 0 Å². The summed E-state index contributed by atoms with van der Waals surface area (Å²) in [7, 11) is 1.30. The number of amides is 1. The van der Waals surface area contributed by atoms with Crippen LogP contribution in [0.25, 0.3) is 6.08 Å². The minimum Gasteiger partial charge on any atom is -0.465 e. The zero-order valence-corrected chi connectivity index (χ0v) is 12.6. The highest BCUT2D eigenvalue weighted by molar-refractivity contribution is 7.13. The SMILES string of the molecule is COC(=O)c1cc(C=CC(=O)Nc2nc(C)cs2)oc1C. The molecule has 2 aromatic rings. The smallest absolute Gasteiger partial charge is 0.341 e. The average molecular weight is 306 g/mol. The molecular weight excluding hydrogens is 292 g/mol. The van der Waals surface area contributed by atoms with Gasteiger partial charge in [0.2, 0.25) is 5.91 Å². The van der Waals surface area contributed by atoms with E-state index in [4.69, 9.17) is 4.42 Å². The van der Waals surface area contributed by atoms with Crippen LogP contribution in [0.15, 0.2) is 21.9 Å². The molecule has 1 amide bonds. The van der Waals surface area contributed by atoms with E-state index in [1.54, 1.807) is 6.92 Å². The van der Waals surface area contributed by atoms with Crippen LogP contribution in [0.2, 0.25) is 0 Å². The van der Waals surface area contributed by atoms with Gasteiger partial charge in [-0.1, -0.05) is 0 Å². The first-order valence-corrected chi connectivity index (χ1v) is 6.97. The summed E-state index contributed by atoms with van der Waals surface area (Å²) in [5.74, 6) is 0.0486. The number of rotatable bonds is 4. The second kappa shape index (κ2) is 6.36. The Morgan fingerprint density at radius 2 is 2.19 bits per heavy atom. The molecule has 2 rings (SSSR count). The van der Waals surface area contributed by atoms with E-state index in [9.17, 15) is 9.59 Å². The number of hydrogen-bond acceptors (Lipinski definition) is 6. The van der Waals surface area contributed by atoms with Gasteiger partial charge in [-0.25, -0.2) is 9.78 Å². The van der Waals surface area contributed by atoms with E-state index < -0.39 is 5.97 Å². The summed E-state index contributed by atoms with van der Waals surface area (Å²) in [6.45, 7) is 3.50. The van der Waals surface area contributed by atoms with E-state index in [0.29, 0.717) is 22.2 Å². The second-order valence-electron chi connectivity index (χ2n) is 4.23. The standard InChI is InChI=1S/C14H14N2O4S/c1-8-7-21-14(15-8)16-12(17)5-4-10-6-11(9(2)20-10)13(18)19-3/h4-7H,1-3H3,(H,15,16,17). The molecular formula is C14H14N2O4S. The molecule has 0 aliphatic rings. The molecule has 0 aliphatic heterocycles. The van der Waals surface area contributed by atoms with Gasteiger partial charge in [0.15, 0.2) is 5.13 Å². The summed E-state index contributed by atoms with van der Waals surface area (Å²) in [6.07, 6.45) is 2.80. The molecule has 0 radical (unpaired) electrons. The molecule has 0 atom stereocenters. The number of methoxy groups -OCH3 is 1. The van der Waals surface area contributed by atoms with Crippen LogP contribution in [0.1, 0.15) is 27.6 Å². The number of nitrogens with zero attached hydrogens (tertiary/aromatic N) is 1. The molecule has 0 aliphatic carbocycles. The lowest BCUT2D eigenvalue weighted by Crippen LogP contribution is -2.07. The number of hydrogen-bond donors (Lipinski definition) is 1. The Morgan fingerprint density at radius 3 is 2.81 bits per heavy atom. The lowest BCUT2D eigenvalue weighted by molar-refractivity contribution is -0.111. The summed E-state index contributed by atoms with van der Waals surface area (Å²) in [6, 6.07) is 1.53. The third-order valence-corrected chi connectivity index (χ3v) is 3.47. The Labute approximate surface area is 125 Å². The van der Waals surface area contributed by atoms with Crippen LogP contribution in [-0.4, -0.2) is 24.0 Å². The molecule has 2 heterocycles. The third-order valence-electron chi connectivity index (χ3n) is 2.59. The number of carbonyl (C=O) groups is 2. The van der Waals surface area contributed by atoms with Gasteiger partial charge in [-0.15, -0.1) is 11.3 Å². The Hall–Kier alpha value is -2.41. The lowest BCUT2D eigenvalue weighted by Gasteiger charge is -1.94. The van der Waals surface area contributed by atoms with Gasteiger partial charge in [0.05, 0.1) is 12.8 Å². The maximum absolute atomic E-state index is 11.7. The summed E-state index contributed by atoms with van der Waals surface area (Å²) in [5.41, 5.74) is 1.19. The summed E-state index contributed by atoms with van der Waals surface area (Å²) >= 11 is 1.35. The number of anilines is 1. The predicted octanol–water partition coefficient (Wildman–Crippen LogP) is 2.79. The first-order chi connectivity index (χ1) is 9.99. The van der Waals surface area contributed by atoms with Crippen molar-refractivity contribution in [3.05, 3.63) is 40.3 Å². The highest BCUT2D eigenvalue weighted by Gasteiger charge is 2.14. The van der Waals surface area contributed by atoms with E-state index in [-0.39, 0.29) is 5.91 Å². The predicted molar refractivity (Wildman–Crippen MR) is 79.3 cm³/mol. The first-order valence-electron chi connectivity index (χ1n) is 6.09. The minimum absolute atomic E-state index is 0.321. The molecule has 0 unspecified atom stereocenters. The van der Waals surface area contributed by atoms with Gasteiger partial charge in [-0.05, 0) is 26.0 Å². The lowest BCUT2D eigenvalue weighted by atomic mass is 10.2. The van der Waals surface area contributed by atoms with Crippen molar-refractivity contribution in [1.82, 2.24) is 4.98 Å². The monoisotopic (exact) mass is 306 g/mol. The molecule has 0 saturated carbocycles. The fourth-order valence-electron chi connectivity index (χ4n) is 1.62. The van der Waals surface area contributed by atoms with Gasteiger partial charge in [-0.3, -0.25) is 10.1 Å². The van der Waals surface area contributed by atoms with Crippen molar-refractivity contribution < 1.29 is 18.7 Å². The second-order valence-corrected chi connectivity index (χ2v) is 5.08. The molecule has 0 saturated heterocycles. The van der Waals surface area contributed by atoms with E-state index in [1.165, 1.54) is 36.7 Å². The molecule has 1 N–H and O–H groups in total. The van der Waals surface area contributed by atoms with Crippen LogP contribution in [0.3, 0.4) is 0 Å². The molecule has 7 heteroatoms. The zero-order chi connectivity index (χ0) is 15.4. The van der Waals surface area contributed by atoms with Crippen LogP contribution < -0.4 is 5.32 Å². The molecule has 0 fully saturated rings. The number of aromatic nitrogens is 1.